The zero-order valence-corrected chi connectivity index (χ0v) is 14.5. The fourth-order valence-electron chi connectivity index (χ4n) is 3.17. The van der Waals surface area contributed by atoms with Crippen LogP contribution in [0, 0.1) is 5.92 Å². The summed E-state index contributed by atoms with van der Waals surface area (Å²) in [7, 11) is -1.58. The van der Waals surface area contributed by atoms with Gasteiger partial charge in [-0.15, -0.1) is 11.3 Å². The zero-order chi connectivity index (χ0) is 15.3. The Bertz CT molecular complexity index is 534. The summed E-state index contributed by atoms with van der Waals surface area (Å²) in [4.78, 5) is 1.32. The summed E-state index contributed by atoms with van der Waals surface area (Å²) in [5, 5.41) is 4.88. The van der Waals surface area contributed by atoms with Crippen LogP contribution >= 0.6 is 11.3 Å². The van der Waals surface area contributed by atoms with E-state index in [1.54, 1.807) is 6.07 Å². The molecule has 0 aromatic carbocycles. The summed E-state index contributed by atoms with van der Waals surface area (Å²) in [5.74, 6) is 0.491. The van der Waals surface area contributed by atoms with E-state index in [4.69, 9.17) is 0 Å². The molecule has 1 fully saturated rings. The molecule has 6 heteroatoms. The first kappa shape index (κ1) is 16.9. The van der Waals surface area contributed by atoms with Crippen LogP contribution in [0.2, 0.25) is 0 Å². The van der Waals surface area contributed by atoms with E-state index in [1.807, 2.05) is 12.4 Å². The first-order chi connectivity index (χ1) is 10.1. The zero-order valence-electron chi connectivity index (χ0n) is 12.9. The molecule has 1 aliphatic carbocycles. The minimum atomic E-state index is -3.41. The minimum absolute atomic E-state index is 0.0673. The highest BCUT2D eigenvalue weighted by Gasteiger charge is 2.28. The molecular formula is C15H26N2O2S2. The lowest BCUT2D eigenvalue weighted by Crippen LogP contribution is -2.40. The van der Waals surface area contributed by atoms with E-state index in [-0.39, 0.29) is 6.04 Å². The molecule has 1 aromatic heterocycles. The maximum Gasteiger partial charge on any atom is 0.241 e. The molecule has 0 radical (unpaired) electrons. The van der Waals surface area contributed by atoms with Gasteiger partial charge in [-0.05, 0) is 43.7 Å². The molecule has 0 aliphatic heterocycles. The molecule has 0 amide bonds. The van der Waals surface area contributed by atoms with Crippen molar-refractivity contribution < 1.29 is 8.42 Å². The summed E-state index contributed by atoms with van der Waals surface area (Å²) in [6, 6.07) is 1.78. The molecule has 0 saturated heterocycles. The van der Waals surface area contributed by atoms with Gasteiger partial charge in [0.15, 0.2) is 0 Å². The van der Waals surface area contributed by atoms with E-state index >= 15 is 0 Å². The van der Waals surface area contributed by atoms with Crippen molar-refractivity contribution in [2.75, 3.05) is 7.05 Å². The van der Waals surface area contributed by atoms with Gasteiger partial charge in [-0.25, -0.2) is 13.1 Å². The van der Waals surface area contributed by atoms with Gasteiger partial charge in [-0.2, -0.15) is 0 Å². The Hall–Kier alpha value is -0.430. The molecule has 4 nitrogen and oxygen atoms in total. The van der Waals surface area contributed by atoms with Crippen LogP contribution in [0.5, 0.6) is 0 Å². The van der Waals surface area contributed by atoms with E-state index in [0.29, 0.717) is 17.4 Å². The second-order valence-electron chi connectivity index (χ2n) is 5.77. The minimum Gasteiger partial charge on any atom is -0.315 e. The SMILES string of the molecule is CCC(NS(=O)(=O)c1ccsc1CNC)C1CCCCC1. The molecular weight excluding hydrogens is 304 g/mol. The lowest BCUT2D eigenvalue weighted by molar-refractivity contribution is 0.285. The molecule has 1 unspecified atom stereocenters. The van der Waals surface area contributed by atoms with Crippen LogP contribution in [-0.4, -0.2) is 21.5 Å². The summed E-state index contributed by atoms with van der Waals surface area (Å²) in [6.45, 7) is 2.66. The predicted octanol–water partition coefficient (Wildman–Crippen LogP) is 3.10. The Labute approximate surface area is 132 Å². The van der Waals surface area contributed by atoms with Gasteiger partial charge in [-0.1, -0.05) is 26.2 Å². The Kier molecular flexibility index (Phi) is 6.22. The lowest BCUT2D eigenvalue weighted by Gasteiger charge is -2.30. The van der Waals surface area contributed by atoms with Crippen LogP contribution in [0.25, 0.3) is 0 Å². The third-order valence-electron chi connectivity index (χ3n) is 4.30. The van der Waals surface area contributed by atoms with Crippen LogP contribution < -0.4 is 10.0 Å². The highest BCUT2D eigenvalue weighted by Crippen LogP contribution is 2.29. The van der Waals surface area contributed by atoms with Crippen molar-refractivity contribution in [1.82, 2.24) is 10.0 Å². The Morgan fingerprint density at radius 1 is 1.33 bits per heavy atom. The van der Waals surface area contributed by atoms with Crippen molar-refractivity contribution in [2.45, 2.75) is 62.9 Å². The van der Waals surface area contributed by atoms with Crippen molar-refractivity contribution in [2.24, 2.45) is 5.92 Å². The summed E-state index contributed by atoms with van der Waals surface area (Å²) >= 11 is 1.49. The Morgan fingerprint density at radius 3 is 2.67 bits per heavy atom. The van der Waals surface area contributed by atoms with E-state index in [0.717, 1.165) is 24.1 Å². The van der Waals surface area contributed by atoms with Gasteiger partial charge in [0.2, 0.25) is 10.0 Å². The maximum absolute atomic E-state index is 12.7. The second-order valence-corrected chi connectivity index (χ2v) is 8.46. The van der Waals surface area contributed by atoms with Crippen molar-refractivity contribution in [3.05, 3.63) is 16.3 Å². The van der Waals surface area contributed by atoms with Crippen LogP contribution in [-0.2, 0) is 16.6 Å². The smallest absolute Gasteiger partial charge is 0.241 e. The molecule has 2 N–H and O–H groups in total. The third-order valence-corrected chi connectivity index (χ3v) is 6.92. The fraction of sp³-hybridized carbons (Fsp3) is 0.733. The fourth-order valence-corrected chi connectivity index (χ4v) is 6.01. The number of nitrogens with one attached hydrogen (secondary N) is 2. The predicted molar refractivity (Wildman–Crippen MR) is 88.1 cm³/mol. The highest BCUT2D eigenvalue weighted by atomic mass is 32.2. The lowest BCUT2D eigenvalue weighted by atomic mass is 9.83. The van der Waals surface area contributed by atoms with Gasteiger partial charge in [0.05, 0.1) is 4.90 Å². The van der Waals surface area contributed by atoms with Crippen molar-refractivity contribution in [3.63, 3.8) is 0 Å². The molecule has 0 spiro atoms. The molecule has 2 rings (SSSR count). The molecule has 120 valence electrons. The largest absolute Gasteiger partial charge is 0.315 e. The molecule has 1 saturated carbocycles. The average Bonchev–Trinajstić information content (AvgIpc) is 2.95. The van der Waals surface area contributed by atoms with E-state index in [2.05, 4.69) is 17.0 Å². The van der Waals surface area contributed by atoms with Gasteiger partial charge in [0.25, 0.3) is 0 Å². The Balaban J connectivity index is 2.12. The third kappa shape index (κ3) is 4.28. The normalized spacial score (nSPS) is 18.8. The van der Waals surface area contributed by atoms with Gasteiger partial charge in [0, 0.05) is 17.5 Å². The molecule has 1 atom stereocenters. The van der Waals surface area contributed by atoms with Crippen molar-refractivity contribution >= 4 is 21.4 Å². The average molecular weight is 331 g/mol. The number of rotatable bonds is 7. The van der Waals surface area contributed by atoms with Crippen LogP contribution in [0.3, 0.4) is 0 Å². The standard InChI is InChI=1S/C15H26N2O2S2/c1-3-13(12-7-5-4-6-8-12)17-21(18,19)15-9-10-20-14(15)11-16-2/h9-10,12-13,16-17H,3-8,11H2,1-2H3. The quantitative estimate of drug-likeness (QED) is 0.807. The summed E-state index contributed by atoms with van der Waals surface area (Å²) in [6.07, 6.45) is 6.90. The van der Waals surface area contributed by atoms with Crippen molar-refractivity contribution in [3.8, 4) is 0 Å². The monoisotopic (exact) mass is 330 g/mol. The highest BCUT2D eigenvalue weighted by molar-refractivity contribution is 7.89. The molecule has 1 aromatic rings. The number of sulfonamides is 1. The Morgan fingerprint density at radius 2 is 2.05 bits per heavy atom. The van der Waals surface area contributed by atoms with Gasteiger partial charge in [0.1, 0.15) is 0 Å². The van der Waals surface area contributed by atoms with Crippen molar-refractivity contribution in [1.29, 1.82) is 0 Å². The van der Waals surface area contributed by atoms with Gasteiger partial charge in [-0.3, -0.25) is 0 Å². The first-order valence-electron chi connectivity index (χ1n) is 7.81. The van der Waals surface area contributed by atoms with Crippen LogP contribution in [0.1, 0.15) is 50.3 Å². The molecule has 0 bridgehead atoms. The van der Waals surface area contributed by atoms with Crippen LogP contribution in [0.4, 0.5) is 0 Å². The molecule has 21 heavy (non-hydrogen) atoms. The number of hydrogen-bond acceptors (Lipinski definition) is 4. The number of hydrogen-bond donors (Lipinski definition) is 2. The maximum atomic E-state index is 12.7. The van der Waals surface area contributed by atoms with Crippen LogP contribution in [0.15, 0.2) is 16.3 Å². The van der Waals surface area contributed by atoms with Gasteiger partial charge >= 0.3 is 0 Å². The van der Waals surface area contributed by atoms with Gasteiger partial charge < -0.3 is 5.32 Å². The topological polar surface area (TPSA) is 58.2 Å². The second kappa shape index (κ2) is 7.72. The number of thiophene rings is 1. The molecule has 1 heterocycles. The van der Waals surface area contributed by atoms with E-state index < -0.39 is 10.0 Å². The van der Waals surface area contributed by atoms with E-state index in [1.165, 1.54) is 30.6 Å². The first-order valence-corrected chi connectivity index (χ1v) is 10.2. The summed E-state index contributed by atoms with van der Waals surface area (Å²) < 4.78 is 28.3. The molecule has 1 aliphatic rings. The summed E-state index contributed by atoms with van der Waals surface area (Å²) in [5.41, 5.74) is 0. The van der Waals surface area contributed by atoms with E-state index in [9.17, 15) is 8.42 Å².